The van der Waals surface area contributed by atoms with Gasteiger partial charge in [0.05, 0.1) is 6.54 Å². The Labute approximate surface area is 129 Å². The van der Waals surface area contributed by atoms with Crippen LogP contribution in [0.2, 0.25) is 5.02 Å². The molecule has 0 amide bonds. The lowest BCUT2D eigenvalue weighted by atomic mass is 10.2. The van der Waals surface area contributed by atoms with E-state index in [1.165, 1.54) is 0 Å². The number of hydrogen-bond donors (Lipinski definition) is 1. The summed E-state index contributed by atoms with van der Waals surface area (Å²) in [5.74, 6) is 0.894. The summed E-state index contributed by atoms with van der Waals surface area (Å²) in [6.07, 6.45) is 1.96. The summed E-state index contributed by atoms with van der Waals surface area (Å²) in [6.45, 7) is 1.39. The van der Waals surface area contributed by atoms with Crippen LogP contribution in [0.5, 0.6) is 0 Å². The molecule has 4 nitrogen and oxygen atoms in total. The van der Waals surface area contributed by atoms with Crippen LogP contribution >= 0.6 is 27.5 Å². The summed E-state index contributed by atoms with van der Waals surface area (Å²) in [7, 11) is 0. The monoisotopic (exact) mass is 350 g/mol. The average molecular weight is 352 g/mol. The Morgan fingerprint density at radius 1 is 1.15 bits per heavy atom. The molecule has 2 aromatic heterocycles. The van der Waals surface area contributed by atoms with Gasteiger partial charge in [-0.2, -0.15) is 0 Å². The van der Waals surface area contributed by atoms with Crippen molar-refractivity contribution < 1.29 is 0 Å². The first-order valence-electron chi connectivity index (χ1n) is 6.17. The highest BCUT2D eigenvalue weighted by Crippen LogP contribution is 2.21. The molecule has 0 aliphatic carbocycles. The molecule has 2 heterocycles. The fourth-order valence-electron chi connectivity index (χ4n) is 1.99. The van der Waals surface area contributed by atoms with Crippen molar-refractivity contribution in [2.75, 3.05) is 0 Å². The Bertz CT molecular complexity index is 741. The van der Waals surface area contributed by atoms with Gasteiger partial charge in [0.1, 0.15) is 0 Å². The molecular formula is C14H12BrClN4. The summed E-state index contributed by atoms with van der Waals surface area (Å²) in [4.78, 5) is 0. The Morgan fingerprint density at radius 3 is 2.90 bits per heavy atom. The molecule has 6 heteroatoms. The van der Waals surface area contributed by atoms with Crippen LogP contribution in [0.25, 0.3) is 5.65 Å². The van der Waals surface area contributed by atoms with Crippen LogP contribution < -0.4 is 5.32 Å². The van der Waals surface area contributed by atoms with Gasteiger partial charge in [0.2, 0.25) is 0 Å². The van der Waals surface area contributed by atoms with Crippen molar-refractivity contribution in [1.82, 2.24) is 19.9 Å². The van der Waals surface area contributed by atoms with Crippen molar-refractivity contribution in [2.45, 2.75) is 13.1 Å². The fourth-order valence-corrected chi connectivity index (χ4v) is 2.81. The quantitative estimate of drug-likeness (QED) is 0.783. The molecule has 0 bridgehead atoms. The van der Waals surface area contributed by atoms with Gasteiger partial charge in [-0.25, -0.2) is 0 Å². The molecule has 1 N–H and O–H groups in total. The van der Waals surface area contributed by atoms with Gasteiger partial charge >= 0.3 is 0 Å². The number of aromatic nitrogens is 3. The Balaban J connectivity index is 1.68. The molecule has 1 aromatic carbocycles. The first-order chi connectivity index (χ1) is 9.74. The van der Waals surface area contributed by atoms with E-state index in [0.29, 0.717) is 6.54 Å². The largest absolute Gasteiger partial charge is 0.306 e. The minimum atomic E-state index is 0.653. The van der Waals surface area contributed by atoms with Gasteiger partial charge in [-0.15, -0.1) is 10.2 Å². The highest BCUT2D eigenvalue weighted by Gasteiger charge is 2.05. The third-order valence-electron chi connectivity index (χ3n) is 3.00. The van der Waals surface area contributed by atoms with E-state index in [9.17, 15) is 0 Å². The van der Waals surface area contributed by atoms with Crippen molar-refractivity contribution in [2.24, 2.45) is 0 Å². The number of nitrogens with zero attached hydrogens (tertiary/aromatic N) is 3. The topological polar surface area (TPSA) is 42.2 Å². The normalized spacial score (nSPS) is 11.1. The van der Waals surface area contributed by atoms with Gasteiger partial charge in [-0.1, -0.05) is 39.7 Å². The van der Waals surface area contributed by atoms with Crippen LogP contribution in [0.1, 0.15) is 11.4 Å². The van der Waals surface area contributed by atoms with E-state index in [1.807, 2.05) is 47.0 Å². The average Bonchev–Trinajstić information content (AvgIpc) is 2.85. The van der Waals surface area contributed by atoms with Crippen LogP contribution in [0.15, 0.2) is 47.1 Å². The molecule has 0 aliphatic rings. The summed E-state index contributed by atoms with van der Waals surface area (Å²) in [5, 5.41) is 12.4. The molecule has 20 heavy (non-hydrogen) atoms. The smallest absolute Gasteiger partial charge is 0.160 e. The third-order valence-corrected chi connectivity index (χ3v) is 3.97. The second kappa shape index (κ2) is 5.91. The van der Waals surface area contributed by atoms with Gasteiger partial charge in [0.15, 0.2) is 11.5 Å². The van der Waals surface area contributed by atoms with Crippen molar-refractivity contribution in [3.63, 3.8) is 0 Å². The zero-order valence-electron chi connectivity index (χ0n) is 10.6. The summed E-state index contributed by atoms with van der Waals surface area (Å²) < 4.78 is 2.98. The maximum absolute atomic E-state index is 5.93. The number of hydrogen-bond acceptors (Lipinski definition) is 3. The standard InChI is InChI=1S/C14H12BrClN4/c15-12-7-11(16)5-4-10(12)8-17-9-14-19-18-13-3-1-2-6-20(13)14/h1-7,17H,8-9H2. The molecule has 0 radical (unpaired) electrons. The number of halogens is 2. The molecule has 0 unspecified atom stereocenters. The van der Waals surface area contributed by atoms with Crippen molar-refractivity contribution in [3.8, 4) is 0 Å². The third kappa shape index (κ3) is 2.85. The Kier molecular flexibility index (Phi) is 4.00. The molecule has 0 spiro atoms. The number of pyridine rings is 1. The summed E-state index contributed by atoms with van der Waals surface area (Å²) in [5.41, 5.74) is 2.01. The maximum Gasteiger partial charge on any atom is 0.160 e. The lowest BCUT2D eigenvalue weighted by Crippen LogP contribution is -2.15. The van der Waals surface area contributed by atoms with E-state index in [-0.39, 0.29) is 0 Å². The second-order valence-electron chi connectivity index (χ2n) is 4.38. The first kappa shape index (κ1) is 13.5. The minimum Gasteiger partial charge on any atom is -0.306 e. The second-order valence-corrected chi connectivity index (χ2v) is 5.68. The molecular weight excluding hydrogens is 340 g/mol. The predicted octanol–water partition coefficient (Wildman–Crippen LogP) is 3.44. The number of nitrogens with one attached hydrogen (secondary N) is 1. The molecule has 0 aliphatic heterocycles. The zero-order chi connectivity index (χ0) is 13.9. The van der Waals surface area contributed by atoms with E-state index in [4.69, 9.17) is 11.6 Å². The Morgan fingerprint density at radius 2 is 2.05 bits per heavy atom. The summed E-state index contributed by atoms with van der Waals surface area (Å²) >= 11 is 9.43. The predicted molar refractivity (Wildman–Crippen MR) is 82.7 cm³/mol. The summed E-state index contributed by atoms with van der Waals surface area (Å²) in [6, 6.07) is 11.6. The van der Waals surface area contributed by atoms with Crippen LogP contribution in [0.4, 0.5) is 0 Å². The highest BCUT2D eigenvalue weighted by molar-refractivity contribution is 9.10. The maximum atomic E-state index is 5.93. The van der Waals surface area contributed by atoms with Gasteiger partial charge < -0.3 is 5.32 Å². The molecule has 0 atom stereocenters. The number of benzene rings is 1. The van der Waals surface area contributed by atoms with Gasteiger partial charge in [-0.3, -0.25) is 4.40 Å². The van der Waals surface area contributed by atoms with Crippen LogP contribution in [-0.2, 0) is 13.1 Å². The Hall–Kier alpha value is -1.43. The van der Waals surface area contributed by atoms with Crippen molar-refractivity contribution in [1.29, 1.82) is 0 Å². The van der Waals surface area contributed by atoms with E-state index >= 15 is 0 Å². The minimum absolute atomic E-state index is 0.653. The van der Waals surface area contributed by atoms with Crippen molar-refractivity contribution >= 4 is 33.2 Å². The SMILES string of the molecule is Clc1ccc(CNCc2nnc3ccccn23)c(Br)c1. The van der Waals surface area contributed by atoms with E-state index in [1.54, 1.807) is 0 Å². The number of fused-ring (bicyclic) bond motifs is 1. The van der Waals surface area contributed by atoms with E-state index < -0.39 is 0 Å². The zero-order valence-corrected chi connectivity index (χ0v) is 12.9. The molecule has 0 fully saturated rings. The molecule has 3 rings (SSSR count). The van der Waals surface area contributed by atoms with Crippen LogP contribution in [0.3, 0.4) is 0 Å². The molecule has 3 aromatic rings. The lowest BCUT2D eigenvalue weighted by molar-refractivity contribution is 0.655. The van der Waals surface area contributed by atoms with Crippen LogP contribution in [0, 0.1) is 0 Å². The van der Waals surface area contributed by atoms with E-state index in [0.717, 1.165) is 33.1 Å². The van der Waals surface area contributed by atoms with Gasteiger partial charge in [-0.05, 0) is 29.8 Å². The van der Waals surface area contributed by atoms with E-state index in [2.05, 4.69) is 31.4 Å². The molecule has 0 saturated heterocycles. The lowest BCUT2D eigenvalue weighted by Gasteiger charge is -2.06. The van der Waals surface area contributed by atoms with Crippen molar-refractivity contribution in [3.05, 3.63) is 63.5 Å². The fraction of sp³-hybridized carbons (Fsp3) is 0.143. The van der Waals surface area contributed by atoms with Gasteiger partial charge in [0, 0.05) is 22.2 Å². The molecule has 102 valence electrons. The first-order valence-corrected chi connectivity index (χ1v) is 7.34. The number of rotatable bonds is 4. The highest BCUT2D eigenvalue weighted by atomic mass is 79.9. The molecule has 0 saturated carbocycles. The van der Waals surface area contributed by atoms with Gasteiger partial charge in [0.25, 0.3) is 0 Å². The van der Waals surface area contributed by atoms with Crippen LogP contribution in [-0.4, -0.2) is 14.6 Å².